The van der Waals surface area contributed by atoms with Crippen LogP contribution in [0.2, 0.25) is 0 Å². The number of hydrogen-bond acceptors (Lipinski definition) is 4. The van der Waals surface area contributed by atoms with Crippen molar-refractivity contribution in [1.82, 2.24) is 4.72 Å². The van der Waals surface area contributed by atoms with Gasteiger partial charge in [0.1, 0.15) is 5.75 Å². The molecule has 0 saturated heterocycles. The second kappa shape index (κ2) is 8.45. The van der Waals surface area contributed by atoms with Crippen molar-refractivity contribution in [2.24, 2.45) is 0 Å². The number of nitrogens with one attached hydrogen (secondary N) is 2. The number of phenolic OH excluding ortho intramolecular Hbond substituents is 1. The number of sulfonamides is 1. The zero-order valence-electron chi connectivity index (χ0n) is 17.3. The lowest BCUT2D eigenvalue weighted by Gasteiger charge is -2.20. The first kappa shape index (κ1) is 21.8. The van der Waals surface area contributed by atoms with Crippen LogP contribution < -0.4 is 10.0 Å². The van der Waals surface area contributed by atoms with Gasteiger partial charge in [0.05, 0.1) is 10.6 Å². The summed E-state index contributed by atoms with van der Waals surface area (Å²) in [6.07, 6.45) is -0.0635. The van der Waals surface area contributed by atoms with Gasteiger partial charge in [-0.2, -0.15) is 0 Å². The normalized spacial score (nSPS) is 12.1. The molecule has 6 nitrogen and oxygen atoms in total. The molecular weight excluding hydrogens is 400 g/mol. The van der Waals surface area contributed by atoms with Crippen molar-refractivity contribution in [3.05, 3.63) is 66.2 Å². The van der Waals surface area contributed by atoms with Gasteiger partial charge in [0.25, 0.3) is 0 Å². The molecule has 3 aromatic carbocycles. The number of rotatable bonds is 6. The first-order valence-electron chi connectivity index (χ1n) is 9.68. The molecule has 158 valence electrons. The van der Waals surface area contributed by atoms with E-state index in [1.807, 2.05) is 51.1 Å². The summed E-state index contributed by atoms with van der Waals surface area (Å²) in [5.41, 5.74) is 1.14. The van der Waals surface area contributed by atoms with Crippen molar-refractivity contribution < 1.29 is 18.3 Å². The molecule has 0 bridgehead atoms. The highest BCUT2D eigenvalue weighted by Gasteiger charge is 2.18. The minimum Gasteiger partial charge on any atom is -0.506 e. The molecular formula is C23H26N2O4S. The van der Waals surface area contributed by atoms with Crippen molar-refractivity contribution in [2.75, 3.05) is 11.9 Å². The van der Waals surface area contributed by atoms with E-state index in [2.05, 4.69) is 10.0 Å². The molecule has 0 radical (unpaired) electrons. The summed E-state index contributed by atoms with van der Waals surface area (Å²) < 4.78 is 27.5. The third-order valence-electron chi connectivity index (χ3n) is 4.81. The Bertz CT molecular complexity index is 1180. The Morgan fingerprint density at radius 1 is 0.967 bits per heavy atom. The van der Waals surface area contributed by atoms with Gasteiger partial charge in [-0.3, -0.25) is 4.79 Å². The van der Waals surface area contributed by atoms with Crippen molar-refractivity contribution in [1.29, 1.82) is 0 Å². The number of anilines is 1. The van der Waals surface area contributed by atoms with Crippen LogP contribution in [0.25, 0.3) is 10.8 Å². The van der Waals surface area contributed by atoms with E-state index in [1.54, 1.807) is 30.3 Å². The van der Waals surface area contributed by atoms with Crippen LogP contribution in [0.5, 0.6) is 5.75 Å². The van der Waals surface area contributed by atoms with Crippen molar-refractivity contribution in [3.8, 4) is 5.75 Å². The maximum Gasteiger partial charge on any atom is 0.240 e. The summed E-state index contributed by atoms with van der Waals surface area (Å²) in [7, 11) is -3.73. The molecule has 30 heavy (non-hydrogen) atoms. The van der Waals surface area contributed by atoms with Gasteiger partial charge in [-0.05, 0) is 46.0 Å². The van der Waals surface area contributed by atoms with Gasteiger partial charge in [0, 0.05) is 13.0 Å². The monoisotopic (exact) mass is 426 g/mol. The zero-order chi connectivity index (χ0) is 21.9. The lowest BCUT2D eigenvalue weighted by molar-refractivity contribution is -0.116. The third-order valence-corrected chi connectivity index (χ3v) is 6.27. The largest absolute Gasteiger partial charge is 0.506 e. The van der Waals surface area contributed by atoms with E-state index in [-0.39, 0.29) is 29.0 Å². The highest BCUT2D eigenvalue weighted by Crippen LogP contribution is 2.30. The Hall–Kier alpha value is -2.90. The van der Waals surface area contributed by atoms with Gasteiger partial charge < -0.3 is 10.4 Å². The number of fused-ring (bicyclic) bond motifs is 1. The van der Waals surface area contributed by atoms with Gasteiger partial charge in [0.15, 0.2) is 0 Å². The Kier molecular flexibility index (Phi) is 6.14. The van der Waals surface area contributed by atoms with Gasteiger partial charge in [-0.15, -0.1) is 0 Å². The minimum absolute atomic E-state index is 0.0342. The maximum atomic E-state index is 12.5. The lowest BCUT2D eigenvalue weighted by atomic mass is 9.87. The number of carbonyl (C=O) groups excluding carboxylic acids is 1. The molecule has 0 aliphatic heterocycles. The average Bonchev–Trinajstić information content (AvgIpc) is 2.68. The predicted octanol–water partition coefficient (Wildman–Crippen LogP) is 4.15. The van der Waals surface area contributed by atoms with E-state index in [1.165, 1.54) is 0 Å². The van der Waals surface area contributed by atoms with Crippen molar-refractivity contribution >= 4 is 32.4 Å². The highest BCUT2D eigenvalue weighted by molar-refractivity contribution is 7.89. The Morgan fingerprint density at radius 3 is 2.37 bits per heavy atom. The SMILES string of the molecule is CC(C)(C)c1ccc(O)c(NC(=O)CCNS(=O)(=O)c2ccc3ccccc3c2)c1. The molecule has 0 atom stereocenters. The van der Waals surface area contributed by atoms with Gasteiger partial charge in [-0.25, -0.2) is 13.1 Å². The summed E-state index contributed by atoms with van der Waals surface area (Å²) in [6.45, 7) is 6.05. The smallest absolute Gasteiger partial charge is 0.240 e. The summed E-state index contributed by atoms with van der Waals surface area (Å²) >= 11 is 0. The molecule has 1 amide bonds. The minimum atomic E-state index is -3.73. The fraction of sp³-hybridized carbons (Fsp3) is 0.261. The molecule has 0 aliphatic rings. The number of hydrogen-bond donors (Lipinski definition) is 3. The summed E-state index contributed by atoms with van der Waals surface area (Å²) in [6, 6.07) is 17.5. The van der Waals surface area contributed by atoms with Crippen LogP contribution in [0.15, 0.2) is 65.6 Å². The van der Waals surface area contributed by atoms with E-state index in [0.29, 0.717) is 5.69 Å². The van der Waals surface area contributed by atoms with Gasteiger partial charge in [-0.1, -0.05) is 57.2 Å². The quantitative estimate of drug-likeness (QED) is 0.516. The number of amides is 1. The molecule has 7 heteroatoms. The number of aromatic hydroxyl groups is 1. The third kappa shape index (κ3) is 5.17. The number of phenols is 1. The lowest BCUT2D eigenvalue weighted by Crippen LogP contribution is -2.28. The maximum absolute atomic E-state index is 12.5. The summed E-state index contributed by atoms with van der Waals surface area (Å²) in [5.74, 6) is -0.425. The van der Waals surface area contributed by atoms with Gasteiger partial charge in [0.2, 0.25) is 15.9 Å². The standard InChI is InChI=1S/C23H26N2O4S/c1-23(2,3)18-9-11-21(26)20(15-18)25-22(27)12-13-24-30(28,29)19-10-8-16-6-4-5-7-17(16)14-19/h4-11,14-15,24,26H,12-13H2,1-3H3,(H,25,27). The number of carbonyl (C=O) groups is 1. The summed E-state index contributed by atoms with van der Waals surface area (Å²) in [4.78, 5) is 12.4. The fourth-order valence-electron chi connectivity index (χ4n) is 3.03. The summed E-state index contributed by atoms with van der Waals surface area (Å²) in [5, 5.41) is 14.4. The van der Waals surface area contributed by atoms with Crippen LogP contribution >= 0.6 is 0 Å². The zero-order valence-corrected chi connectivity index (χ0v) is 18.1. The highest BCUT2D eigenvalue weighted by atomic mass is 32.2. The van der Waals surface area contributed by atoms with E-state index >= 15 is 0 Å². The topological polar surface area (TPSA) is 95.5 Å². The molecule has 3 N–H and O–H groups in total. The Balaban J connectivity index is 1.62. The van der Waals surface area contributed by atoms with Crippen LogP contribution in [0.3, 0.4) is 0 Å². The van der Waals surface area contributed by atoms with Crippen LogP contribution in [-0.4, -0.2) is 26.0 Å². The average molecular weight is 427 g/mol. The first-order valence-corrected chi connectivity index (χ1v) is 11.2. The second-order valence-corrected chi connectivity index (χ2v) is 9.95. The van der Waals surface area contributed by atoms with E-state index in [0.717, 1.165) is 16.3 Å². The predicted molar refractivity (Wildman–Crippen MR) is 119 cm³/mol. The van der Waals surface area contributed by atoms with Crippen molar-refractivity contribution in [3.63, 3.8) is 0 Å². The molecule has 3 rings (SSSR count). The Morgan fingerprint density at radius 2 is 1.67 bits per heavy atom. The molecule has 0 saturated carbocycles. The van der Waals surface area contributed by atoms with Gasteiger partial charge >= 0.3 is 0 Å². The van der Waals surface area contributed by atoms with Crippen molar-refractivity contribution in [2.45, 2.75) is 37.5 Å². The van der Waals surface area contributed by atoms with Crippen LogP contribution in [0, 0.1) is 0 Å². The van der Waals surface area contributed by atoms with E-state index < -0.39 is 15.9 Å². The Labute approximate surface area is 177 Å². The van der Waals surface area contributed by atoms with Crippen LogP contribution in [-0.2, 0) is 20.2 Å². The molecule has 0 aromatic heterocycles. The molecule has 0 heterocycles. The van der Waals surface area contributed by atoms with E-state index in [4.69, 9.17) is 0 Å². The first-order chi connectivity index (χ1) is 14.1. The van der Waals surface area contributed by atoms with E-state index in [9.17, 15) is 18.3 Å². The molecule has 3 aromatic rings. The number of benzene rings is 3. The second-order valence-electron chi connectivity index (χ2n) is 8.19. The van der Waals surface area contributed by atoms with Crippen LogP contribution in [0.1, 0.15) is 32.8 Å². The molecule has 0 aliphatic carbocycles. The molecule has 0 fully saturated rings. The molecule has 0 spiro atoms. The fourth-order valence-corrected chi connectivity index (χ4v) is 4.10. The molecule has 0 unspecified atom stereocenters. The van der Waals surface area contributed by atoms with Crippen LogP contribution in [0.4, 0.5) is 5.69 Å².